The number of aromatic nitrogens is 2. The summed E-state index contributed by atoms with van der Waals surface area (Å²) in [6, 6.07) is 3.81. The van der Waals surface area contributed by atoms with E-state index in [0.29, 0.717) is 30.0 Å². The van der Waals surface area contributed by atoms with Gasteiger partial charge in [-0.15, -0.1) is 0 Å². The molecule has 0 aromatic carbocycles. The molecule has 4 rings (SSSR count). The second-order valence-electron chi connectivity index (χ2n) is 8.40. The first-order chi connectivity index (χ1) is 15.6. The molecule has 2 N–H and O–H groups in total. The van der Waals surface area contributed by atoms with Gasteiger partial charge in [0.25, 0.3) is 0 Å². The lowest BCUT2D eigenvalue weighted by Gasteiger charge is -2.39. The third kappa shape index (κ3) is 4.68. The van der Waals surface area contributed by atoms with Crippen LogP contribution in [-0.2, 0) is 15.7 Å². The van der Waals surface area contributed by atoms with Gasteiger partial charge in [0.05, 0.1) is 23.2 Å². The maximum absolute atomic E-state index is 12.8. The molecule has 2 aromatic heterocycles. The minimum absolute atomic E-state index is 0.0704. The molecule has 3 heterocycles. The highest BCUT2D eigenvalue weighted by atomic mass is 19.4. The SMILES string of the molecule is CO[C@@H](C)[C@H]1C(=O)Nc2c(cc(N[C@H]3C[C@H](Oc4ccnc(C(F)(F)F)c4)C3)nc2C)N1C. The normalized spacial score (nSPS) is 23.3. The first-order valence-corrected chi connectivity index (χ1v) is 10.6. The number of halogens is 3. The molecule has 8 nitrogen and oxygen atoms in total. The van der Waals surface area contributed by atoms with Crippen LogP contribution in [0.15, 0.2) is 24.4 Å². The summed E-state index contributed by atoms with van der Waals surface area (Å²) < 4.78 is 49.5. The van der Waals surface area contributed by atoms with Crippen LogP contribution >= 0.6 is 0 Å². The van der Waals surface area contributed by atoms with Gasteiger partial charge in [-0.25, -0.2) is 4.98 Å². The minimum Gasteiger partial charge on any atom is -0.490 e. The van der Waals surface area contributed by atoms with Crippen LogP contribution in [0.3, 0.4) is 0 Å². The van der Waals surface area contributed by atoms with Gasteiger partial charge in [-0.2, -0.15) is 13.2 Å². The summed E-state index contributed by atoms with van der Waals surface area (Å²) >= 11 is 0. The molecule has 2 aromatic rings. The quantitative estimate of drug-likeness (QED) is 0.674. The van der Waals surface area contributed by atoms with E-state index in [0.717, 1.165) is 18.0 Å². The number of likely N-dealkylation sites (N-methyl/N-ethyl adjacent to an activating group) is 1. The van der Waals surface area contributed by atoms with Gasteiger partial charge >= 0.3 is 6.18 Å². The second kappa shape index (κ2) is 8.69. The summed E-state index contributed by atoms with van der Waals surface area (Å²) in [5, 5.41) is 6.28. The molecule has 0 spiro atoms. The van der Waals surface area contributed by atoms with Crippen LogP contribution in [0.5, 0.6) is 5.75 Å². The summed E-state index contributed by atoms with van der Waals surface area (Å²) in [7, 11) is 3.41. The van der Waals surface area contributed by atoms with Crippen molar-refractivity contribution < 1.29 is 27.4 Å². The number of aryl methyl sites for hydroxylation is 1. The fourth-order valence-electron chi connectivity index (χ4n) is 4.16. The van der Waals surface area contributed by atoms with Gasteiger partial charge in [-0.1, -0.05) is 0 Å². The lowest BCUT2D eigenvalue weighted by molar-refractivity contribution is -0.141. The average Bonchev–Trinajstić information content (AvgIpc) is 2.72. The van der Waals surface area contributed by atoms with Gasteiger partial charge in [0.2, 0.25) is 5.91 Å². The van der Waals surface area contributed by atoms with Gasteiger partial charge in [-0.3, -0.25) is 9.78 Å². The zero-order valence-corrected chi connectivity index (χ0v) is 18.7. The van der Waals surface area contributed by atoms with E-state index < -0.39 is 17.9 Å². The Bertz CT molecular complexity index is 1040. The van der Waals surface area contributed by atoms with Crippen LogP contribution in [0, 0.1) is 6.92 Å². The van der Waals surface area contributed by atoms with Crippen LogP contribution in [0.2, 0.25) is 0 Å². The number of carbonyl (C=O) groups is 1. The van der Waals surface area contributed by atoms with Crippen molar-refractivity contribution in [3.63, 3.8) is 0 Å². The number of amides is 1. The molecule has 1 aliphatic heterocycles. The molecule has 2 atom stereocenters. The third-order valence-electron chi connectivity index (χ3n) is 6.08. The van der Waals surface area contributed by atoms with E-state index >= 15 is 0 Å². The molecule has 11 heteroatoms. The summed E-state index contributed by atoms with van der Waals surface area (Å²) in [5.74, 6) is 0.665. The number of rotatable bonds is 6. The van der Waals surface area contributed by atoms with E-state index in [1.54, 1.807) is 7.11 Å². The molecule has 0 unspecified atom stereocenters. The fourth-order valence-corrected chi connectivity index (χ4v) is 4.16. The summed E-state index contributed by atoms with van der Waals surface area (Å²) in [6.07, 6.45) is -2.66. The van der Waals surface area contributed by atoms with Crippen LogP contribution in [0.25, 0.3) is 0 Å². The number of alkyl halides is 3. The first kappa shape index (κ1) is 23.1. The number of carbonyl (C=O) groups excluding carboxylic acids is 1. The van der Waals surface area contributed by atoms with Crippen LogP contribution in [0.1, 0.15) is 31.2 Å². The van der Waals surface area contributed by atoms with Gasteiger partial charge < -0.3 is 25.0 Å². The van der Waals surface area contributed by atoms with Gasteiger partial charge in [0.1, 0.15) is 29.4 Å². The number of hydrogen-bond acceptors (Lipinski definition) is 7. The summed E-state index contributed by atoms with van der Waals surface area (Å²) in [5.41, 5.74) is 1.21. The molecule has 1 aliphatic carbocycles. The number of methoxy groups -OCH3 is 1. The Kier molecular flexibility index (Phi) is 6.08. The van der Waals surface area contributed by atoms with Crippen molar-refractivity contribution in [2.75, 3.05) is 29.7 Å². The molecule has 1 saturated carbocycles. The Labute approximate surface area is 189 Å². The predicted molar refractivity (Wildman–Crippen MR) is 117 cm³/mol. The molecule has 1 amide bonds. The largest absolute Gasteiger partial charge is 0.490 e. The van der Waals surface area contributed by atoms with Crippen molar-refractivity contribution in [3.05, 3.63) is 35.8 Å². The zero-order chi connectivity index (χ0) is 23.9. The average molecular weight is 465 g/mol. The second-order valence-corrected chi connectivity index (χ2v) is 8.40. The van der Waals surface area contributed by atoms with Crippen LogP contribution in [0.4, 0.5) is 30.4 Å². The number of anilines is 3. The summed E-state index contributed by atoms with van der Waals surface area (Å²) in [4.78, 5) is 22.3. The lowest BCUT2D eigenvalue weighted by atomic mass is 9.89. The van der Waals surface area contributed by atoms with Crippen molar-refractivity contribution in [2.45, 2.75) is 57.2 Å². The maximum Gasteiger partial charge on any atom is 0.433 e. The van der Waals surface area contributed by atoms with Crippen LogP contribution in [-0.4, -0.2) is 54.3 Å². The fraction of sp³-hybridized carbons (Fsp3) is 0.500. The monoisotopic (exact) mass is 465 g/mol. The van der Waals surface area contributed by atoms with E-state index in [1.165, 1.54) is 6.07 Å². The first-order valence-electron chi connectivity index (χ1n) is 10.6. The standard InChI is InChI=1S/C22H26F3N5O3/c1-11-19-16(30(3)20(12(2)32-4)21(31)29-19)10-18(27-11)28-13-7-15(8-13)33-14-5-6-26-17(9-14)22(23,24)25/h5-6,9-10,12-13,15,20H,7-8H2,1-4H3,(H,27,28)(H,29,31)/t12-,13-,15-,20-/m0/s1. The smallest absolute Gasteiger partial charge is 0.433 e. The molecule has 0 bridgehead atoms. The van der Waals surface area contributed by atoms with E-state index in [1.807, 2.05) is 31.9 Å². The van der Waals surface area contributed by atoms with Crippen molar-refractivity contribution in [3.8, 4) is 5.75 Å². The van der Waals surface area contributed by atoms with Crippen molar-refractivity contribution >= 4 is 23.1 Å². The zero-order valence-electron chi connectivity index (χ0n) is 18.7. The number of pyridine rings is 2. The Hall–Kier alpha value is -3.08. The Morgan fingerprint density at radius 1 is 1.30 bits per heavy atom. The van der Waals surface area contributed by atoms with Gasteiger partial charge in [0, 0.05) is 51.4 Å². The van der Waals surface area contributed by atoms with Gasteiger partial charge in [0.15, 0.2) is 0 Å². The maximum atomic E-state index is 12.8. The summed E-state index contributed by atoms with van der Waals surface area (Å²) in [6.45, 7) is 3.67. The number of nitrogens with zero attached hydrogens (tertiary/aromatic N) is 3. The topological polar surface area (TPSA) is 88.6 Å². The van der Waals surface area contributed by atoms with Crippen molar-refractivity contribution in [1.82, 2.24) is 9.97 Å². The van der Waals surface area contributed by atoms with E-state index in [-0.39, 0.29) is 29.9 Å². The molecular weight excluding hydrogens is 439 g/mol. The molecule has 33 heavy (non-hydrogen) atoms. The highest BCUT2D eigenvalue weighted by molar-refractivity contribution is 6.04. The van der Waals surface area contributed by atoms with Crippen LogP contribution < -0.4 is 20.3 Å². The number of fused-ring (bicyclic) bond motifs is 1. The number of hydrogen-bond donors (Lipinski definition) is 2. The Morgan fingerprint density at radius 3 is 2.70 bits per heavy atom. The van der Waals surface area contributed by atoms with E-state index in [2.05, 4.69) is 20.6 Å². The molecule has 178 valence electrons. The minimum atomic E-state index is -4.51. The molecule has 0 saturated heterocycles. The lowest BCUT2D eigenvalue weighted by Crippen LogP contribution is -2.52. The Balaban J connectivity index is 1.40. The third-order valence-corrected chi connectivity index (χ3v) is 6.08. The number of nitrogens with one attached hydrogen (secondary N) is 2. The van der Waals surface area contributed by atoms with Crippen molar-refractivity contribution in [2.24, 2.45) is 0 Å². The molecular formula is C22H26F3N5O3. The van der Waals surface area contributed by atoms with Gasteiger partial charge in [-0.05, 0) is 19.9 Å². The molecule has 1 fully saturated rings. The van der Waals surface area contributed by atoms with E-state index in [9.17, 15) is 18.0 Å². The number of ether oxygens (including phenoxy) is 2. The molecule has 0 radical (unpaired) electrons. The highest BCUT2D eigenvalue weighted by Crippen LogP contribution is 2.37. The van der Waals surface area contributed by atoms with Crippen molar-refractivity contribution in [1.29, 1.82) is 0 Å². The predicted octanol–water partition coefficient (Wildman–Crippen LogP) is 3.62. The Morgan fingerprint density at radius 2 is 2.03 bits per heavy atom. The molecule has 2 aliphatic rings. The highest BCUT2D eigenvalue weighted by Gasteiger charge is 2.37. The van der Waals surface area contributed by atoms with E-state index in [4.69, 9.17) is 9.47 Å².